The van der Waals surface area contributed by atoms with Crippen molar-refractivity contribution in [2.75, 3.05) is 11.9 Å². The van der Waals surface area contributed by atoms with Crippen molar-refractivity contribution in [1.82, 2.24) is 0 Å². The van der Waals surface area contributed by atoms with Gasteiger partial charge in [0.25, 0.3) is 11.6 Å². The second-order valence-corrected chi connectivity index (χ2v) is 9.13. The summed E-state index contributed by atoms with van der Waals surface area (Å²) < 4.78 is 5.21. The van der Waals surface area contributed by atoms with Gasteiger partial charge in [0.2, 0.25) is 0 Å². The van der Waals surface area contributed by atoms with E-state index in [0.717, 1.165) is 43.1 Å². The van der Waals surface area contributed by atoms with Crippen molar-refractivity contribution >= 4 is 34.9 Å². The predicted octanol–water partition coefficient (Wildman–Crippen LogP) is 4.34. The summed E-state index contributed by atoms with van der Waals surface area (Å²) in [6.45, 7) is -0.390. The van der Waals surface area contributed by atoms with Gasteiger partial charge in [-0.2, -0.15) is 0 Å². The fourth-order valence-corrected chi connectivity index (χ4v) is 6.14. The van der Waals surface area contributed by atoms with Crippen LogP contribution in [0, 0.1) is 33.3 Å². The molecule has 1 aromatic rings. The number of hydrogen-bond acceptors (Lipinski definition) is 5. The molecule has 1 aromatic carbocycles. The molecule has 1 amide bonds. The van der Waals surface area contributed by atoms with E-state index in [-0.39, 0.29) is 27.8 Å². The zero-order valence-corrected chi connectivity index (χ0v) is 16.2. The van der Waals surface area contributed by atoms with Gasteiger partial charge in [0.05, 0.1) is 22.1 Å². The number of nitrogens with zero attached hydrogens (tertiary/aromatic N) is 1. The SMILES string of the molecule is O=C(COC(=O)CC12CC3CC(CC(C3)C1)C2)Nc1ccc([N+](=O)[O-])cc1Cl. The van der Waals surface area contributed by atoms with Gasteiger partial charge in [-0.1, -0.05) is 11.6 Å². The van der Waals surface area contributed by atoms with Gasteiger partial charge >= 0.3 is 5.97 Å². The highest BCUT2D eigenvalue weighted by atomic mass is 35.5. The molecule has 0 radical (unpaired) electrons. The van der Waals surface area contributed by atoms with Crippen molar-refractivity contribution in [2.45, 2.75) is 44.9 Å². The second-order valence-electron chi connectivity index (χ2n) is 8.72. The molecule has 0 atom stereocenters. The first-order chi connectivity index (χ1) is 13.3. The van der Waals surface area contributed by atoms with Gasteiger partial charge in [-0.25, -0.2) is 0 Å². The average molecular weight is 407 g/mol. The number of esters is 1. The van der Waals surface area contributed by atoms with E-state index in [1.54, 1.807) is 0 Å². The van der Waals surface area contributed by atoms with Crippen LogP contribution in [0.2, 0.25) is 5.02 Å². The van der Waals surface area contributed by atoms with Crippen molar-refractivity contribution in [3.63, 3.8) is 0 Å². The molecule has 0 saturated heterocycles. The van der Waals surface area contributed by atoms with Crippen molar-refractivity contribution in [3.05, 3.63) is 33.3 Å². The standard InChI is InChI=1S/C20H23ClN2O5/c21-16-6-15(23(26)27)1-2-17(16)22-18(24)11-28-19(25)10-20-7-12-3-13(8-20)5-14(4-12)9-20/h1-2,6,12-14H,3-5,7-11H2,(H,22,24). The van der Waals surface area contributed by atoms with Crippen LogP contribution in [-0.4, -0.2) is 23.4 Å². The maximum absolute atomic E-state index is 12.4. The molecule has 0 aliphatic heterocycles. The highest BCUT2D eigenvalue weighted by molar-refractivity contribution is 6.34. The lowest BCUT2D eigenvalue weighted by molar-refractivity contribution is -0.384. The minimum Gasteiger partial charge on any atom is -0.456 e. The lowest BCUT2D eigenvalue weighted by Crippen LogP contribution is -2.47. The quantitative estimate of drug-likeness (QED) is 0.430. The van der Waals surface area contributed by atoms with Crippen LogP contribution in [0.3, 0.4) is 0 Å². The molecule has 4 bridgehead atoms. The van der Waals surface area contributed by atoms with Gasteiger partial charge in [-0.05, 0) is 67.8 Å². The molecule has 0 spiro atoms. The monoisotopic (exact) mass is 406 g/mol. The van der Waals surface area contributed by atoms with Crippen LogP contribution in [0.15, 0.2) is 18.2 Å². The first-order valence-corrected chi connectivity index (χ1v) is 10.1. The van der Waals surface area contributed by atoms with Crippen LogP contribution in [0.1, 0.15) is 44.9 Å². The Kier molecular flexibility index (Phi) is 5.04. The number of anilines is 1. The predicted molar refractivity (Wildman–Crippen MR) is 103 cm³/mol. The third-order valence-electron chi connectivity index (χ3n) is 6.49. The molecule has 7 nitrogen and oxygen atoms in total. The van der Waals surface area contributed by atoms with Crippen molar-refractivity contribution in [3.8, 4) is 0 Å². The molecular formula is C20H23ClN2O5. The molecule has 5 rings (SSSR count). The number of ether oxygens (including phenoxy) is 1. The summed E-state index contributed by atoms with van der Waals surface area (Å²) in [4.78, 5) is 34.6. The van der Waals surface area contributed by atoms with E-state index in [0.29, 0.717) is 6.42 Å². The third-order valence-corrected chi connectivity index (χ3v) is 6.80. The Morgan fingerprint density at radius 3 is 2.32 bits per heavy atom. The molecule has 150 valence electrons. The summed E-state index contributed by atoms with van der Waals surface area (Å²) >= 11 is 5.96. The fraction of sp³-hybridized carbons (Fsp3) is 0.600. The number of hydrogen-bond donors (Lipinski definition) is 1. The van der Waals surface area contributed by atoms with E-state index in [4.69, 9.17) is 16.3 Å². The van der Waals surface area contributed by atoms with E-state index in [1.165, 1.54) is 31.4 Å². The van der Waals surface area contributed by atoms with Crippen molar-refractivity contribution < 1.29 is 19.2 Å². The van der Waals surface area contributed by atoms with Crippen LogP contribution >= 0.6 is 11.6 Å². The van der Waals surface area contributed by atoms with E-state index in [1.807, 2.05) is 0 Å². The fourth-order valence-electron chi connectivity index (χ4n) is 5.92. The number of carbonyl (C=O) groups is 2. The topological polar surface area (TPSA) is 98.5 Å². The smallest absolute Gasteiger partial charge is 0.306 e. The van der Waals surface area contributed by atoms with E-state index in [2.05, 4.69) is 5.32 Å². The van der Waals surface area contributed by atoms with Gasteiger partial charge in [-0.15, -0.1) is 0 Å². The minimum absolute atomic E-state index is 0.0578. The Hall–Kier alpha value is -2.15. The molecule has 8 heteroatoms. The van der Waals surface area contributed by atoms with E-state index < -0.39 is 17.4 Å². The summed E-state index contributed by atoms with van der Waals surface area (Å²) in [5, 5.41) is 13.3. The number of nitrogens with one attached hydrogen (secondary N) is 1. The van der Waals surface area contributed by atoms with Gasteiger partial charge in [-0.3, -0.25) is 19.7 Å². The maximum Gasteiger partial charge on any atom is 0.306 e. The summed E-state index contributed by atoms with van der Waals surface area (Å²) in [5.74, 6) is 1.42. The normalized spacial score (nSPS) is 30.1. The van der Waals surface area contributed by atoms with Crippen molar-refractivity contribution in [2.24, 2.45) is 23.2 Å². The number of nitro benzene ring substituents is 1. The lowest BCUT2D eigenvalue weighted by atomic mass is 9.49. The van der Waals surface area contributed by atoms with E-state index in [9.17, 15) is 19.7 Å². The molecule has 0 aromatic heterocycles. The van der Waals surface area contributed by atoms with Gasteiger partial charge < -0.3 is 10.1 Å². The van der Waals surface area contributed by atoms with Crippen LogP contribution < -0.4 is 5.32 Å². The number of carbonyl (C=O) groups excluding carboxylic acids is 2. The van der Waals surface area contributed by atoms with Gasteiger partial charge in [0, 0.05) is 12.1 Å². The van der Waals surface area contributed by atoms with E-state index >= 15 is 0 Å². The highest BCUT2D eigenvalue weighted by Crippen LogP contribution is 2.61. The van der Waals surface area contributed by atoms with Crippen LogP contribution in [0.25, 0.3) is 0 Å². The molecule has 1 N–H and O–H groups in total. The lowest BCUT2D eigenvalue weighted by Gasteiger charge is -2.56. The maximum atomic E-state index is 12.4. The Morgan fingerprint density at radius 1 is 1.18 bits per heavy atom. The van der Waals surface area contributed by atoms with Crippen LogP contribution in [-0.2, 0) is 14.3 Å². The molecule has 4 aliphatic carbocycles. The third kappa shape index (κ3) is 3.99. The Balaban J connectivity index is 1.28. The highest BCUT2D eigenvalue weighted by Gasteiger charge is 2.51. The second kappa shape index (κ2) is 7.35. The van der Waals surface area contributed by atoms with Crippen molar-refractivity contribution in [1.29, 1.82) is 0 Å². The number of nitro groups is 1. The summed E-state index contributed by atoms with van der Waals surface area (Å²) in [7, 11) is 0. The number of benzene rings is 1. The van der Waals surface area contributed by atoms with Gasteiger partial charge in [0.15, 0.2) is 6.61 Å². The summed E-state index contributed by atoms with van der Waals surface area (Å²) in [6, 6.07) is 3.77. The molecule has 4 fully saturated rings. The van der Waals surface area contributed by atoms with Crippen LogP contribution in [0.4, 0.5) is 11.4 Å². The summed E-state index contributed by atoms with van der Waals surface area (Å²) in [5.41, 5.74) is 0.156. The van der Waals surface area contributed by atoms with Gasteiger partial charge in [0.1, 0.15) is 0 Å². The number of rotatable bonds is 6. The van der Waals surface area contributed by atoms with Crippen LogP contribution in [0.5, 0.6) is 0 Å². The first-order valence-electron chi connectivity index (χ1n) is 9.71. The molecule has 4 saturated carbocycles. The molecule has 0 heterocycles. The minimum atomic E-state index is -0.566. The molecular weight excluding hydrogens is 384 g/mol. The zero-order chi connectivity index (χ0) is 19.9. The largest absolute Gasteiger partial charge is 0.456 e. The summed E-state index contributed by atoms with van der Waals surface area (Å²) in [6.07, 6.45) is 7.66. The Bertz CT molecular complexity index is 790. The number of halogens is 1. The number of amides is 1. The number of non-ortho nitro benzene ring substituents is 1. The first kappa shape index (κ1) is 19.2. The Morgan fingerprint density at radius 2 is 1.79 bits per heavy atom. The zero-order valence-electron chi connectivity index (χ0n) is 15.5. The molecule has 0 unspecified atom stereocenters. The average Bonchev–Trinajstić information content (AvgIpc) is 2.60. The molecule has 4 aliphatic rings. The Labute approximate surface area is 167 Å². The molecule has 28 heavy (non-hydrogen) atoms.